The summed E-state index contributed by atoms with van der Waals surface area (Å²) in [6.07, 6.45) is 7.39. The van der Waals surface area contributed by atoms with Gasteiger partial charge in [-0.15, -0.1) is 0 Å². The van der Waals surface area contributed by atoms with Crippen LogP contribution >= 0.6 is 0 Å². The molecule has 7 aromatic rings. The van der Waals surface area contributed by atoms with Crippen molar-refractivity contribution in [2.75, 3.05) is 25.5 Å². The van der Waals surface area contributed by atoms with Crippen LogP contribution in [0.4, 0.5) is 10.7 Å². The van der Waals surface area contributed by atoms with Gasteiger partial charge in [0.15, 0.2) is 11.5 Å². The highest BCUT2D eigenvalue weighted by atomic mass is 16.6. The molecule has 1 aromatic carbocycles. The van der Waals surface area contributed by atoms with Crippen molar-refractivity contribution in [3.05, 3.63) is 83.1 Å². The number of carbonyl (C=O) groups excluding carboxylic acids is 3. The third-order valence-corrected chi connectivity index (χ3v) is 10.1. The number of nitrogens with one attached hydrogen (secondary N) is 1. The molecule has 0 unspecified atom stereocenters. The van der Waals surface area contributed by atoms with Gasteiger partial charge in [0.2, 0.25) is 11.9 Å². The van der Waals surface area contributed by atoms with Crippen molar-refractivity contribution in [2.45, 2.75) is 93.6 Å². The van der Waals surface area contributed by atoms with E-state index in [-0.39, 0.29) is 30.1 Å². The van der Waals surface area contributed by atoms with Gasteiger partial charge in [-0.05, 0) is 97.7 Å². The second kappa shape index (κ2) is 17.5. The lowest BCUT2D eigenvalue weighted by Crippen LogP contribution is -2.35. The topological polar surface area (TPSA) is 208 Å². The number of aryl methyl sites for hydroxylation is 5. The molecule has 0 radical (unpaired) electrons. The number of anilines is 1. The second-order valence-electron chi connectivity index (χ2n) is 16.2. The minimum Gasteiger partial charge on any atom is -0.491 e. The average Bonchev–Trinajstić information content (AvgIpc) is 3.97. The summed E-state index contributed by atoms with van der Waals surface area (Å²) >= 11 is 0. The number of carbonyl (C=O) groups is 3. The van der Waals surface area contributed by atoms with Crippen molar-refractivity contribution < 1.29 is 23.9 Å². The Bertz CT molecular complexity index is 2860. The van der Waals surface area contributed by atoms with E-state index in [9.17, 15) is 14.4 Å². The molecule has 0 aliphatic rings. The number of benzene rings is 1. The molecule has 0 fully saturated rings. The molecule has 0 bridgehead atoms. The van der Waals surface area contributed by atoms with Gasteiger partial charge in [0.05, 0.1) is 29.1 Å². The average molecular weight is 844 g/mol. The van der Waals surface area contributed by atoms with E-state index < -0.39 is 11.5 Å². The Labute approximate surface area is 358 Å². The Hall–Kier alpha value is -7.11. The van der Waals surface area contributed by atoms with E-state index in [2.05, 4.69) is 36.1 Å². The third kappa shape index (κ3) is 8.99. The number of amides is 3. The molecule has 7 rings (SSSR count). The minimum atomic E-state index is -0.638. The summed E-state index contributed by atoms with van der Waals surface area (Å²) in [6, 6.07) is 9.37. The van der Waals surface area contributed by atoms with E-state index in [1.807, 2.05) is 90.6 Å². The predicted molar refractivity (Wildman–Crippen MR) is 236 cm³/mol. The van der Waals surface area contributed by atoms with E-state index in [1.165, 1.54) is 6.20 Å². The maximum atomic E-state index is 13.6. The van der Waals surface area contributed by atoms with Gasteiger partial charge in [-0.25, -0.2) is 24.7 Å². The molecule has 0 saturated carbocycles. The van der Waals surface area contributed by atoms with Crippen LogP contribution < -0.4 is 15.8 Å². The number of nitrogens with two attached hydrogens (primary N) is 1. The van der Waals surface area contributed by atoms with Gasteiger partial charge in [0, 0.05) is 62.9 Å². The number of hydrogen-bond acceptors (Lipinski definition) is 11. The number of fused-ring (bicyclic) bond motifs is 4. The van der Waals surface area contributed by atoms with Crippen molar-refractivity contribution in [2.24, 2.45) is 5.73 Å². The summed E-state index contributed by atoms with van der Waals surface area (Å²) in [5.74, 6) is 0.432. The number of rotatable bonds is 15. The van der Waals surface area contributed by atoms with Crippen molar-refractivity contribution in [3.63, 3.8) is 0 Å². The SMILES string of the molecule is CCn1nc(C)cc1C(=O)Nc1nc2cc(C(N)=O)cnc2n1C/C=C/Cn1c2nc(-c3cc(C)nn3CC)ncc2c2cc(C)cc(OCCCN(C)C(=O)OC(C)(C)C)c21. The normalized spacial score (nSPS) is 12.0. The summed E-state index contributed by atoms with van der Waals surface area (Å²) in [5.41, 5.74) is 11.4. The van der Waals surface area contributed by atoms with Gasteiger partial charge in [0.25, 0.3) is 5.91 Å². The van der Waals surface area contributed by atoms with Crippen LogP contribution in [0, 0.1) is 20.8 Å². The van der Waals surface area contributed by atoms with Gasteiger partial charge in [0.1, 0.15) is 33.9 Å². The van der Waals surface area contributed by atoms with E-state index >= 15 is 0 Å². The van der Waals surface area contributed by atoms with Crippen molar-refractivity contribution in [1.29, 1.82) is 0 Å². The van der Waals surface area contributed by atoms with Crippen LogP contribution in [0.2, 0.25) is 0 Å². The van der Waals surface area contributed by atoms with E-state index in [0.717, 1.165) is 33.2 Å². The van der Waals surface area contributed by atoms with Gasteiger partial charge in [-0.2, -0.15) is 10.2 Å². The first-order chi connectivity index (χ1) is 29.5. The predicted octanol–water partition coefficient (Wildman–Crippen LogP) is 6.60. The van der Waals surface area contributed by atoms with E-state index in [0.29, 0.717) is 79.0 Å². The summed E-state index contributed by atoms with van der Waals surface area (Å²) in [4.78, 5) is 58.9. The molecule has 0 atom stereocenters. The van der Waals surface area contributed by atoms with Crippen LogP contribution in [0.15, 0.2) is 54.9 Å². The zero-order chi connectivity index (χ0) is 44.5. The Morgan fingerprint density at radius 3 is 2.27 bits per heavy atom. The maximum Gasteiger partial charge on any atom is 0.410 e. The molecule has 3 N–H and O–H groups in total. The highest BCUT2D eigenvalue weighted by Gasteiger charge is 2.23. The zero-order valence-corrected chi connectivity index (χ0v) is 36.7. The number of hydrogen-bond donors (Lipinski definition) is 2. The second-order valence-corrected chi connectivity index (χ2v) is 16.2. The summed E-state index contributed by atoms with van der Waals surface area (Å²) < 4.78 is 19.4. The fourth-order valence-electron chi connectivity index (χ4n) is 7.31. The van der Waals surface area contributed by atoms with Crippen molar-refractivity contribution in [1.82, 2.24) is 53.5 Å². The number of primary amides is 1. The Morgan fingerprint density at radius 2 is 1.56 bits per heavy atom. The van der Waals surface area contributed by atoms with Gasteiger partial charge in [-0.3, -0.25) is 28.8 Å². The molecule has 18 nitrogen and oxygen atoms in total. The van der Waals surface area contributed by atoms with Crippen LogP contribution in [-0.2, 0) is 30.9 Å². The van der Waals surface area contributed by atoms with Crippen LogP contribution in [0.25, 0.3) is 44.6 Å². The van der Waals surface area contributed by atoms with Gasteiger partial charge < -0.3 is 24.7 Å². The fourth-order valence-corrected chi connectivity index (χ4v) is 7.31. The summed E-state index contributed by atoms with van der Waals surface area (Å²) in [6.45, 7) is 17.9. The van der Waals surface area contributed by atoms with Crippen LogP contribution in [0.3, 0.4) is 0 Å². The molecule has 62 heavy (non-hydrogen) atoms. The highest BCUT2D eigenvalue weighted by molar-refractivity contribution is 6.09. The van der Waals surface area contributed by atoms with Crippen LogP contribution in [0.5, 0.6) is 5.75 Å². The van der Waals surface area contributed by atoms with Gasteiger partial charge in [-0.1, -0.05) is 12.2 Å². The number of ether oxygens (including phenoxy) is 2. The molecule has 0 saturated heterocycles. The first kappa shape index (κ1) is 43.0. The van der Waals surface area contributed by atoms with E-state index in [1.54, 1.807) is 33.3 Å². The summed E-state index contributed by atoms with van der Waals surface area (Å²) in [5, 5.41) is 13.8. The third-order valence-electron chi connectivity index (χ3n) is 10.1. The zero-order valence-electron chi connectivity index (χ0n) is 36.7. The first-order valence-corrected chi connectivity index (χ1v) is 20.6. The smallest absolute Gasteiger partial charge is 0.410 e. The summed E-state index contributed by atoms with van der Waals surface area (Å²) in [7, 11) is 1.71. The number of aromatic nitrogens is 10. The van der Waals surface area contributed by atoms with Crippen molar-refractivity contribution in [3.8, 4) is 17.3 Å². The van der Waals surface area contributed by atoms with Gasteiger partial charge >= 0.3 is 6.09 Å². The Morgan fingerprint density at radius 1 is 0.855 bits per heavy atom. The maximum absolute atomic E-state index is 13.6. The Kier molecular flexibility index (Phi) is 12.1. The number of imidazole rings is 1. The largest absolute Gasteiger partial charge is 0.491 e. The lowest BCUT2D eigenvalue weighted by atomic mass is 10.1. The molecular formula is C44H53N13O5. The molecule has 6 heterocycles. The van der Waals surface area contributed by atoms with E-state index in [4.69, 9.17) is 25.2 Å². The number of pyridine rings is 1. The highest BCUT2D eigenvalue weighted by Crippen LogP contribution is 2.36. The number of nitrogens with zero attached hydrogens (tertiary/aromatic N) is 11. The standard InChI is InChI=1S/C44H53N13O5/c1-10-56-33(21-27(4)51-56)38-46-25-31-30-19-26(3)20-35(61-18-14-15-53(9)43(60)62-44(6,7)8)36(30)54(39(31)49-38)16-12-13-17-55-40-32(23-29(24-47-40)37(45)58)48-42(55)50-41(59)34-22-28(5)52-57(34)11-2/h12-13,19-25H,10-11,14-18H2,1-9H3,(H2,45,58)(H,48,50,59)/b13-12+. The van der Waals surface area contributed by atoms with Crippen molar-refractivity contribution >= 4 is 57.0 Å². The minimum absolute atomic E-state index is 0.198. The molecule has 6 aromatic heterocycles. The quantitative estimate of drug-likeness (QED) is 0.0830. The molecule has 18 heteroatoms. The lowest BCUT2D eigenvalue weighted by molar-refractivity contribution is 0.0292. The molecule has 324 valence electrons. The first-order valence-electron chi connectivity index (χ1n) is 20.6. The molecule has 0 spiro atoms. The molecule has 3 amide bonds. The molecule has 0 aliphatic heterocycles. The molecule has 0 aliphatic carbocycles. The monoisotopic (exact) mass is 843 g/mol. The fraction of sp³-hybridized carbons (Fsp3) is 0.386. The molecular weight excluding hydrogens is 791 g/mol. The van der Waals surface area contributed by atoms with Crippen LogP contribution in [-0.4, -0.2) is 97.2 Å². The Balaban J connectivity index is 1.24. The van der Waals surface area contributed by atoms with Crippen LogP contribution in [0.1, 0.15) is 78.8 Å². The lowest BCUT2D eigenvalue weighted by Gasteiger charge is -2.24. The number of allylic oxidation sites excluding steroid dienone is 2.